The van der Waals surface area contributed by atoms with Crippen LogP contribution in [0.15, 0.2) is 36.9 Å². The van der Waals surface area contributed by atoms with Gasteiger partial charge in [-0.1, -0.05) is 0 Å². The lowest BCUT2D eigenvalue weighted by molar-refractivity contribution is 0.0699. The molecule has 3 rings (SSSR count). The molecule has 1 aromatic heterocycles. The van der Waals surface area contributed by atoms with E-state index in [0.717, 1.165) is 49.9 Å². The summed E-state index contributed by atoms with van der Waals surface area (Å²) in [7, 11) is 0. The molecule has 1 fully saturated rings. The molecule has 1 aliphatic rings. The van der Waals surface area contributed by atoms with Crippen molar-refractivity contribution in [2.45, 2.75) is 12.8 Å². The number of aromatic nitrogens is 3. The Morgan fingerprint density at radius 1 is 1.21 bits per heavy atom. The summed E-state index contributed by atoms with van der Waals surface area (Å²) >= 11 is 0. The van der Waals surface area contributed by atoms with Gasteiger partial charge < -0.3 is 10.1 Å². The predicted octanol–water partition coefficient (Wildman–Crippen LogP) is 2.11. The van der Waals surface area contributed by atoms with E-state index in [1.165, 1.54) is 6.33 Å². The summed E-state index contributed by atoms with van der Waals surface area (Å²) in [4.78, 5) is 3.94. The van der Waals surface area contributed by atoms with Gasteiger partial charge in [0.2, 0.25) is 0 Å². The van der Waals surface area contributed by atoms with Crippen LogP contribution >= 0.6 is 0 Å². The number of nitrogens with zero attached hydrogens (tertiary/aromatic N) is 3. The number of ether oxygens (including phenoxy) is 1. The quantitative estimate of drug-likeness (QED) is 0.912. The molecule has 100 valence electrons. The second-order valence-corrected chi connectivity index (χ2v) is 4.82. The monoisotopic (exact) mass is 258 g/mol. The fourth-order valence-corrected chi connectivity index (χ4v) is 2.29. The van der Waals surface area contributed by atoms with Crippen LogP contribution in [0.25, 0.3) is 5.69 Å². The van der Waals surface area contributed by atoms with Crippen LogP contribution in [0.2, 0.25) is 0 Å². The van der Waals surface area contributed by atoms with Crippen molar-refractivity contribution in [2.24, 2.45) is 5.92 Å². The van der Waals surface area contributed by atoms with Crippen molar-refractivity contribution in [3.8, 4) is 5.69 Å². The van der Waals surface area contributed by atoms with Gasteiger partial charge in [-0.05, 0) is 43.0 Å². The number of nitrogens with one attached hydrogen (secondary N) is 1. The molecule has 1 saturated heterocycles. The van der Waals surface area contributed by atoms with Crippen molar-refractivity contribution >= 4 is 5.69 Å². The van der Waals surface area contributed by atoms with Gasteiger partial charge in [-0.25, -0.2) is 9.67 Å². The van der Waals surface area contributed by atoms with E-state index in [1.54, 1.807) is 11.0 Å². The van der Waals surface area contributed by atoms with E-state index in [2.05, 4.69) is 27.5 Å². The van der Waals surface area contributed by atoms with Gasteiger partial charge in [-0.2, -0.15) is 5.10 Å². The molecule has 5 nitrogen and oxygen atoms in total. The van der Waals surface area contributed by atoms with Crippen LogP contribution in [-0.4, -0.2) is 34.5 Å². The van der Waals surface area contributed by atoms with Gasteiger partial charge in [0.1, 0.15) is 12.7 Å². The van der Waals surface area contributed by atoms with Crippen LogP contribution in [0.4, 0.5) is 5.69 Å². The van der Waals surface area contributed by atoms with Gasteiger partial charge in [-0.15, -0.1) is 0 Å². The number of anilines is 1. The molecule has 5 heteroatoms. The fraction of sp³-hybridized carbons (Fsp3) is 0.429. The second kappa shape index (κ2) is 5.84. The van der Waals surface area contributed by atoms with Crippen LogP contribution < -0.4 is 5.32 Å². The number of hydrogen-bond donors (Lipinski definition) is 1. The average molecular weight is 258 g/mol. The smallest absolute Gasteiger partial charge is 0.138 e. The summed E-state index contributed by atoms with van der Waals surface area (Å²) < 4.78 is 7.12. The molecule has 1 N–H and O–H groups in total. The van der Waals surface area contributed by atoms with E-state index >= 15 is 0 Å². The molecule has 1 aliphatic heterocycles. The first kappa shape index (κ1) is 12.2. The van der Waals surface area contributed by atoms with E-state index in [1.807, 2.05) is 12.1 Å². The van der Waals surface area contributed by atoms with Crippen molar-refractivity contribution in [3.05, 3.63) is 36.9 Å². The summed E-state index contributed by atoms with van der Waals surface area (Å²) in [6, 6.07) is 8.24. The van der Waals surface area contributed by atoms with Crippen LogP contribution in [0, 0.1) is 5.92 Å². The molecular formula is C14H18N4O. The summed E-state index contributed by atoms with van der Waals surface area (Å²) in [6.45, 7) is 2.82. The first-order chi connectivity index (χ1) is 9.42. The molecule has 0 amide bonds. The Kier molecular flexibility index (Phi) is 3.74. The largest absolute Gasteiger partial charge is 0.385 e. The molecule has 0 bridgehead atoms. The van der Waals surface area contributed by atoms with Crippen molar-refractivity contribution in [2.75, 3.05) is 25.1 Å². The Hall–Kier alpha value is -1.88. The van der Waals surface area contributed by atoms with E-state index in [4.69, 9.17) is 4.74 Å². The van der Waals surface area contributed by atoms with Crippen molar-refractivity contribution in [3.63, 3.8) is 0 Å². The lowest BCUT2D eigenvalue weighted by Crippen LogP contribution is -2.22. The zero-order valence-electron chi connectivity index (χ0n) is 10.8. The highest BCUT2D eigenvalue weighted by Gasteiger charge is 2.13. The van der Waals surface area contributed by atoms with Gasteiger partial charge in [-0.3, -0.25) is 0 Å². The normalized spacial score (nSPS) is 16.4. The molecule has 0 saturated carbocycles. The zero-order chi connectivity index (χ0) is 12.9. The Bertz CT molecular complexity index is 489. The lowest BCUT2D eigenvalue weighted by Gasteiger charge is -2.22. The molecule has 2 aromatic rings. The molecule has 0 unspecified atom stereocenters. The van der Waals surface area contributed by atoms with Crippen LogP contribution in [0.1, 0.15) is 12.8 Å². The molecule has 0 radical (unpaired) electrons. The molecular weight excluding hydrogens is 240 g/mol. The van der Waals surface area contributed by atoms with Crippen LogP contribution in [0.5, 0.6) is 0 Å². The molecule has 1 aromatic carbocycles. The summed E-state index contributed by atoms with van der Waals surface area (Å²) in [5.41, 5.74) is 2.17. The highest BCUT2D eigenvalue weighted by molar-refractivity contribution is 5.48. The van der Waals surface area contributed by atoms with E-state index < -0.39 is 0 Å². The van der Waals surface area contributed by atoms with Crippen LogP contribution in [0.3, 0.4) is 0 Å². The summed E-state index contributed by atoms with van der Waals surface area (Å²) in [5, 5.41) is 7.59. The first-order valence-electron chi connectivity index (χ1n) is 6.68. The number of hydrogen-bond acceptors (Lipinski definition) is 4. The SMILES string of the molecule is c1ncn(-c2ccc(NCC3CCOCC3)cc2)n1. The molecule has 2 heterocycles. The fourth-order valence-electron chi connectivity index (χ4n) is 2.29. The molecule has 0 aliphatic carbocycles. The van der Waals surface area contributed by atoms with Crippen molar-refractivity contribution in [1.29, 1.82) is 0 Å². The molecule has 0 atom stereocenters. The van der Waals surface area contributed by atoms with Crippen molar-refractivity contribution in [1.82, 2.24) is 14.8 Å². The highest BCUT2D eigenvalue weighted by atomic mass is 16.5. The van der Waals surface area contributed by atoms with Crippen LogP contribution in [-0.2, 0) is 4.74 Å². The number of benzene rings is 1. The first-order valence-corrected chi connectivity index (χ1v) is 6.68. The summed E-state index contributed by atoms with van der Waals surface area (Å²) in [6.07, 6.45) is 5.55. The predicted molar refractivity (Wildman–Crippen MR) is 73.4 cm³/mol. The Morgan fingerprint density at radius 3 is 2.68 bits per heavy atom. The Labute approximate surface area is 112 Å². The maximum Gasteiger partial charge on any atom is 0.138 e. The topological polar surface area (TPSA) is 52.0 Å². The van der Waals surface area contributed by atoms with Gasteiger partial charge >= 0.3 is 0 Å². The maximum atomic E-state index is 5.37. The Balaban J connectivity index is 1.57. The third-order valence-electron chi connectivity index (χ3n) is 3.49. The number of rotatable bonds is 4. The second-order valence-electron chi connectivity index (χ2n) is 4.82. The lowest BCUT2D eigenvalue weighted by atomic mass is 10.0. The third-order valence-corrected chi connectivity index (χ3v) is 3.49. The van der Waals surface area contributed by atoms with Gasteiger partial charge in [0, 0.05) is 25.4 Å². The molecule has 0 spiro atoms. The van der Waals surface area contributed by atoms with Gasteiger partial charge in [0.25, 0.3) is 0 Å². The maximum absolute atomic E-state index is 5.37. The third kappa shape index (κ3) is 3.12. The minimum Gasteiger partial charge on any atom is -0.385 e. The van der Waals surface area contributed by atoms with E-state index in [-0.39, 0.29) is 0 Å². The standard InChI is InChI=1S/C14H18N4O/c1-3-14(18-11-15-10-17-18)4-2-13(1)16-9-12-5-7-19-8-6-12/h1-4,10-12,16H,5-9H2. The Morgan fingerprint density at radius 2 is 2.00 bits per heavy atom. The zero-order valence-corrected chi connectivity index (χ0v) is 10.8. The minimum atomic E-state index is 0.726. The van der Waals surface area contributed by atoms with E-state index in [9.17, 15) is 0 Å². The van der Waals surface area contributed by atoms with Crippen molar-refractivity contribution < 1.29 is 4.74 Å². The average Bonchev–Trinajstić information content (AvgIpc) is 3.01. The van der Waals surface area contributed by atoms with E-state index in [0.29, 0.717) is 0 Å². The summed E-state index contributed by atoms with van der Waals surface area (Å²) in [5.74, 6) is 0.726. The molecule has 19 heavy (non-hydrogen) atoms. The van der Waals surface area contributed by atoms with Gasteiger partial charge in [0.05, 0.1) is 5.69 Å². The highest BCUT2D eigenvalue weighted by Crippen LogP contribution is 2.17. The minimum absolute atomic E-state index is 0.726. The van der Waals surface area contributed by atoms with Gasteiger partial charge in [0.15, 0.2) is 0 Å².